The van der Waals surface area contributed by atoms with Crippen molar-refractivity contribution in [3.63, 3.8) is 0 Å². The fourth-order valence-corrected chi connectivity index (χ4v) is 3.59. The zero-order valence-electron chi connectivity index (χ0n) is 11.9. The minimum absolute atomic E-state index is 0.0894. The normalized spacial score (nSPS) is 11.1. The van der Waals surface area contributed by atoms with E-state index in [2.05, 4.69) is 0 Å². The van der Waals surface area contributed by atoms with Crippen LogP contribution in [-0.4, -0.2) is 8.42 Å². The van der Waals surface area contributed by atoms with E-state index < -0.39 is 9.84 Å². The molecule has 0 aliphatic rings. The Labute approximate surface area is 124 Å². The van der Waals surface area contributed by atoms with Crippen LogP contribution < -0.4 is 5.73 Å². The van der Waals surface area contributed by atoms with Crippen LogP contribution in [0.2, 0.25) is 0 Å². The topological polar surface area (TPSA) is 84.0 Å². The van der Waals surface area contributed by atoms with Crippen LogP contribution in [-0.2, 0) is 15.6 Å². The van der Waals surface area contributed by atoms with Crippen LogP contribution >= 0.6 is 0 Å². The summed E-state index contributed by atoms with van der Waals surface area (Å²) in [5, 5.41) is 8.84. The average Bonchev–Trinajstić information content (AvgIpc) is 2.43. The number of hydrogen-bond acceptors (Lipinski definition) is 4. The first-order valence-electron chi connectivity index (χ1n) is 6.42. The standard InChI is InChI=1S/C16H16N2O2S/c1-11-7-13(9-17)3-4-14(11)10-21(19,20)15-5-6-16(18)12(2)8-15/h3-8H,10,18H2,1-2H3. The van der Waals surface area contributed by atoms with Crippen LogP contribution in [0.5, 0.6) is 0 Å². The molecule has 2 rings (SSSR count). The van der Waals surface area contributed by atoms with E-state index in [1.165, 1.54) is 6.07 Å². The minimum Gasteiger partial charge on any atom is -0.399 e. The Morgan fingerprint density at radius 1 is 1.10 bits per heavy atom. The van der Waals surface area contributed by atoms with E-state index >= 15 is 0 Å². The van der Waals surface area contributed by atoms with Gasteiger partial charge in [-0.15, -0.1) is 0 Å². The number of hydrogen-bond donors (Lipinski definition) is 1. The molecule has 0 saturated heterocycles. The third-order valence-corrected chi connectivity index (χ3v) is 5.08. The third-order valence-electron chi connectivity index (χ3n) is 3.42. The maximum absolute atomic E-state index is 12.5. The molecule has 0 atom stereocenters. The van der Waals surface area contributed by atoms with Crippen molar-refractivity contribution in [2.45, 2.75) is 24.5 Å². The van der Waals surface area contributed by atoms with Crippen LogP contribution in [0.3, 0.4) is 0 Å². The van der Waals surface area contributed by atoms with Crippen LogP contribution in [0.25, 0.3) is 0 Å². The van der Waals surface area contributed by atoms with Crippen LogP contribution in [0.15, 0.2) is 41.3 Å². The van der Waals surface area contributed by atoms with Crippen molar-refractivity contribution in [2.75, 3.05) is 5.73 Å². The molecular weight excluding hydrogens is 284 g/mol. The van der Waals surface area contributed by atoms with Gasteiger partial charge in [0, 0.05) is 5.69 Å². The molecule has 0 unspecified atom stereocenters. The molecule has 0 fully saturated rings. The Morgan fingerprint density at radius 3 is 2.38 bits per heavy atom. The lowest BCUT2D eigenvalue weighted by Gasteiger charge is -2.09. The fourth-order valence-electron chi connectivity index (χ4n) is 2.06. The van der Waals surface area contributed by atoms with Crippen molar-refractivity contribution >= 4 is 15.5 Å². The first-order valence-corrected chi connectivity index (χ1v) is 8.07. The Balaban J connectivity index is 2.37. The first kappa shape index (κ1) is 15.1. The van der Waals surface area contributed by atoms with Crippen LogP contribution in [0.1, 0.15) is 22.3 Å². The smallest absolute Gasteiger partial charge is 0.182 e. The monoisotopic (exact) mass is 300 g/mol. The van der Waals surface area contributed by atoms with Crippen molar-refractivity contribution in [3.05, 3.63) is 58.7 Å². The van der Waals surface area contributed by atoms with Crippen LogP contribution in [0, 0.1) is 25.2 Å². The molecule has 108 valence electrons. The number of nitrogen functional groups attached to an aromatic ring is 1. The summed E-state index contributed by atoms with van der Waals surface area (Å²) in [6.45, 7) is 3.58. The second-order valence-corrected chi connectivity index (χ2v) is 7.02. The van der Waals surface area contributed by atoms with Gasteiger partial charge in [0.2, 0.25) is 0 Å². The Morgan fingerprint density at radius 2 is 1.81 bits per heavy atom. The summed E-state index contributed by atoms with van der Waals surface area (Å²) in [6.07, 6.45) is 0. The lowest BCUT2D eigenvalue weighted by atomic mass is 10.1. The Kier molecular flexibility index (Phi) is 4.01. The van der Waals surface area contributed by atoms with Gasteiger partial charge in [0.15, 0.2) is 9.84 Å². The van der Waals surface area contributed by atoms with Crippen molar-refractivity contribution < 1.29 is 8.42 Å². The highest BCUT2D eigenvalue weighted by molar-refractivity contribution is 7.90. The number of anilines is 1. The van der Waals surface area contributed by atoms with E-state index in [0.717, 1.165) is 11.1 Å². The first-order chi connectivity index (χ1) is 9.83. The zero-order chi connectivity index (χ0) is 15.6. The number of nitrogens with zero attached hydrogens (tertiary/aromatic N) is 1. The van der Waals surface area contributed by atoms with Gasteiger partial charge < -0.3 is 5.73 Å². The molecule has 2 N–H and O–H groups in total. The molecule has 5 heteroatoms. The molecule has 21 heavy (non-hydrogen) atoms. The van der Waals surface area contributed by atoms with Gasteiger partial charge in [-0.25, -0.2) is 8.42 Å². The van der Waals surface area contributed by atoms with Crippen molar-refractivity contribution in [2.24, 2.45) is 0 Å². The second kappa shape index (κ2) is 5.58. The van der Waals surface area contributed by atoms with Gasteiger partial charge in [-0.05, 0) is 60.9 Å². The van der Waals surface area contributed by atoms with Crippen molar-refractivity contribution in [3.8, 4) is 6.07 Å². The van der Waals surface area contributed by atoms with E-state index in [9.17, 15) is 8.42 Å². The number of sulfone groups is 1. The summed E-state index contributed by atoms with van der Waals surface area (Å²) in [5.74, 6) is -0.0894. The number of rotatable bonds is 3. The summed E-state index contributed by atoms with van der Waals surface area (Å²) in [6, 6.07) is 11.8. The number of nitriles is 1. The molecule has 0 spiro atoms. The predicted octanol–water partition coefficient (Wildman–Crippen LogP) is 2.73. The quantitative estimate of drug-likeness (QED) is 0.883. The Bertz CT molecular complexity index is 834. The summed E-state index contributed by atoms with van der Waals surface area (Å²) in [7, 11) is -3.43. The SMILES string of the molecule is Cc1cc(S(=O)(=O)Cc2ccc(C#N)cc2C)ccc1N. The molecule has 0 bridgehead atoms. The van der Waals surface area contributed by atoms with E-state index in [-0.39, 0.29) is 10.6 Å². The molecular formula is C16H16N2O2S. The summed E-state index contributed by atoms with van der Waals surface area (Å²) >= 11 is 0. The lowest BCUT2D eigenvalue weighted by molar-refractivity contribution is 0.595. The van der Waals surface area contributed by atoms with Gasteiger partial charge in [-0.2, -0.15) is 5.26 Å². The largest absolute Gasteiger partial charge is 0.399 e. The van der Waals surface area contributed by atoms with Crippen molar-refractivity contribution in [1.82, 2.24) is 0 Å². The maximum Gasteiger partial charge on any atom is 0.182 e. The van der Waals surface area contributed by atoms with E-state index in [0.29, 0.717) is 16.8 Å². The molecule has 0 aromatic heterocycles. The second-order valence-electron chi connectivity index (χ2n) is 5.03. The predicted molar refractivity (Wildman–Crippen MR) is 82.4 cm³/mol. The van der Waals surface area contributed by atoms with Gasteiger partial charge in [0.1, 0.15) is 0 Å². The molecule has 0 heterocycles. The molecule has 4 nitrogen and oxygen atoms in total. The molecule has 0 aliphatic carbocycles. The highest BCUT2D eigenvalue weighted by Crippen LogP contribution is 2.22. The van der Waals surface area contributed by atoms with E-state index in [1.807, 2.05) is 6.07 Å². The molecule has 2 aromatic carbocycles. The summed E-state index contributed by atoms with van der Waals surface area (Å²) in [4.78, 5) is 0.262. The number of aryl methyl sites for hydroxylation is 2. The highest BCUT2D eigenvalue weighted by Gasteiger charge is 2.17. The van der Waals surface area contributed by atoms with Gasteiger partial charge >= 0.3 is 0 Å². The van der Waals surface area contributed by atoms with Gasteiger partial charge in [0.25, 0.3) is 0 Å². The number of nitrogens with two attached hydrogens (primary N) is 1. The van der Waals surface area contributed by atoms with E-state index in [4.69, 9.17) is 11.0 Å². The maximum atomic E-state index is 12.5. The van der Waals surface area contributed by atoms with Gasteiger partial charge in [-0.1, -0.05) is 6.07 Å². The zero-order valence-corrected chi connectivity index (χ0v) is 12.7. The van der Waals surface area contributed by atoms with Gasteiger partial charge in [-0.3, -0.25) is 0 Å². The Hall–Kier alpha value is -2.32. The summed E-state index contributed by atoms with van der Waals surface area (Å²) in [5.41, 5.74) is 9.05. The lowest BCUT2D eigenvalue weighted by Crippen LogP contribution is -2.07. The van der Waals surface area contributed by atoms with E-state index in [1.54, 1.807) is 44.2 Å². The van der Waals surface area contributed by atoms with Crippen LogP contribution in [0.4, 0.5) is 5.69 Å². The molecule has 0 radical (unpaired) electrons. The van der Waals surface area contributed by atoms with Crippen molar-refractivity contribution in [1.29, 1.82) is 5.26 Å². The molecule has 0 amide bonds. The average molecular weight is 300 g/mol. The highest BCUT2D eigenvalue weighted by atomic mass is 32.2. The molecule has 2 aromatic rings. The van der Waals surface area contributed by atoms with Gasteiger partial charge in [0.05, 0.1) is 22.3 Å². The summed E-state index contributed by atoms with van der Waals surface area (Å²) < 4.78 is 24.9. The molecule has 0 aliphatic heterocycles. The number of benzene rings is 2. The minimum atomic E-state index is -3.43. The third kappa shape index (κ3) is 3.23. The molecule has 0 saturated carbocycles. The fraction of sp³-hybridized carbons (Fsp3) is 0.188.